The van der Waals surface area contributed by atoms with Crippen LogP contribution in [0.15, 0.2) is 60.7 Å². The molecule has 2 fully saturated rings. The maximum atomic E-state index is 12.3. The first-order valence-electron chi connectivity index (χ1n) is 11.3. The number of urea groups is 1. The van der Waals surface area contributed by atoms with Crippen LogP contribution in [-0.4, -0.2) is 50.2 Å². The third-order valence-electron chi connectivity index (χ3n) is 6.36. The Morgan fingerprint density at radius 2 is 1.50 bits per heavy atom. The van der Waals surface area contributed by atoms with Gasteiger partial charge in [0.1, 0.15) is 0 Å². The lowest BCUT2D eigenvalue weighted by atomic mass is 9.97. The topological polar surface area (TPSA) is 47.6 Å². The van der Waals surface area contributed by atoms with Crippen LogP contribution in [0.5, 0.6) is 0 Å². The number of benzene rings is 2. The highest BCUT2D eigenvalue weighted by atomic mass is 16.2. The molecule has 2 aromatic carbocycles. The molecule has 2 amide bonds. The highest BCUT2D eigenvalue weighted by Gasteiger charge is 2.24. The molecule has 0 bridgehead atoms. The van der Waals surface area contributed by atoms with Crippen LogP contribution in [-0.2, 0) is 6.54 Å². The van der Waals surface area contributed by atoms with E-state index in [1.165, 1.54) is 24.1 Å². The van der Waals surface area contributed by atoms with Crippen molar-refractivity contribution in [2.75, 3.05) is 44.2 Å². The van der Waals surface area contributed by atoms with E-state index >= 15 is 0 Å². The van der Waals surface area contributed by atoms with Crippen LogP contribution in [0.2, 0.25) is 0 Å². The molecule has 5 nitrogen and oxygen atoms in total. The summed E-state index contributed by atoms with van der Waals surface area (Å²) in [6, 6.07) is 21.2. The van der Waals surface area contributed by atoms with Crippen LogP contribution >= 0.6 is 0 Å². The number of rotatable bonds is 7. The molecule has 2 saturated heterocycles. The molecular formula is C25H34N4O. The fourth-order valence-electron chi connectivity index (χ4n) is 4.71. The molecule has 2 heterocycles. The van der Waals surface area contributed by atoms with Gasteiger partial charge >= 0.3 is 6.03 Å². The van der Waals surface area contributed by atoms with E-state index in [-0.39, 0.29) is 6.03 Å². The average Bonchev–Trinajstić information content (AvgIpc) is 3.27. The van der Waals surface area contributed by atoms with Gasteiger partial charge in [-0.1, -0.05) is 48.5 Å². The number of amides is 2. The van der Waals surface area contributed by atoms with E-state index in [0.29, 0.717) is 11.8 Å². The zero-order chi connectivity index (χ0) is 20.6. The first kappa shape index (κ1) is 20.7. The summed E-state index contributed by atoms with van der Waals surface area (Å²) in [5.74, 6) is 1.06. The molecule has 2 aliphatic heterocycles. The summed E-state index contributed by atoms with van der Waals surface area (Å²) in [4.78, 5) is 17.2. The molecule has 0 radical (unpaired) electrons. The number of hydrogen-bond donors (Lipinski definition) is 2. The second-order valence-electron chi connectivity index (χ2n) is 8.76. The summed E-state index contributed by atoms with van der Waals surface area (Å²) in [5.41, 5.74) is 2.65. The van der Waals surface area contributed by atoms with Crippen LogP contribution in [0.25, 0.3) is 0 Å². The van der Waals surface area contributed by atoms with E-state index in [4.69, 9.17) is 0 Å². The highest BCUT2D eigenvalue weighted by Crippen LogP contribution is 2.23. The Morgan fingerprint density at radius 3 is 2.23 bits per heavy atom. The van der Waals surface area contributed by atoms with Crippen LogP contribution in [0.4, 0.5) is 10.5 Å². The standard InChI is InChI=1S/C25H34N4O/c30-25(27-17-23-13-15-29(20-23)24-11-5-2-6-12-24)26-16-22-10-7-14-28(19-22)18-21-8-3-1-4-9-21/h1-6,8-9,11-12,22-23H,7,10,13-20H2,(H2,26,27,30). The van der Waals surface area contributed by atoms with Gasteiger partial charge in [-0.25, -0.2) is 4.79 Å². The zero-order valence-electron chi connectivity index (χ0n) is 17.8. The van der Waals surface area contributed by atoms with E-state index < -0.39 is 0 Å². The second-order valence-corrected chi connectivity index (χ2v) is 8.76. The molecule has 2 aromatic rings. The lowest BCUT2D eigenvalue weighted by Crippen LogP contribution is -2.44. The fraction of sp³-hybridized carbons (Fsp3) is 0.480. The number of likely N-dealkylation sites (tertiary alicyclic amines) is 1. The predicted molar refractivity (Wildman–Crippen MR) is 123 cm³/mol. The molecule has 2 unspecified atom stereocenters. The molecular weight excluding hydrogens is 372 g/mol. The minimum atomic E-state index is -0.0201. The average molecular weight is 407 g/mol. The van der Waals surface area contributed by atoms with E-state index in [0.717, 1.165) is 52.2 Å². The van der Waals surface area contributed by atoms with E-state index in [1.807, 2.05) is 0 Å². The summed E-state index contributed by atoms with van der Waals surface area (Å²) >= 11 is 0. The molecule has 2 N–H and O–H groups in total. The van der Waals surface area contributed by atoms with Gasteiger partial charge in [-0.3, -0.25) is 4.90 Å². The summed E-state index contributed by atoms with van der Waals surface area (Å²) in [7, 11) is 0. The fourth-order valence-corrected chi connectivity index (χ4v) is 4.71. The van der Waals surface area contributed by atoms with Gasteiger partial charge < -0.3 is 15.5 Å². The monoisotopic (exact) mass is 406 g/mol. The second kappa shape index (κ2) is 10.5. The van der Waals surface area contributed by atoms with Gasteiger partial charge in [-0.2, -0.15) is 0 Å². The largest absolute Gasteiger partial charge is 0.371 e. The Balaban J connectivity index is 1.14. The number of nitrogens with zero attached hydrogens (tertiary/aromatic N) is 2. The Hall–Kier alpha value is -2.53. The van der Waals surface area contributed by atoms with Gasteiger partial charge in [-0.15, -0.1) is 0 Å². The van der Waals surface area contributed by atoms with Crippen LogP contribution in [0, 0.1) is 11.8 Å². The van der Waals surface area contributed by atoms with Crippen molar-refractivity contribution in [1.82, 2.24) is 15.5 Å². The smallest absolute Gasteiger partial charge is 0.314 e. The molecule has 5 heteroatoms. The maximum absolute atomic E-state index is 12.3. The van der Waals surface area contributed by atoms with E-state index in [9.17, 15) is 4.79 Å². The number of carbonyl (C=O) groups excluding carboxylic acids is 1. The zero-order valence-corrected chi connectivity index (χ0v) is 17.8. The number of piperidine rings is 1. The van der Waals surface area contributed by atoms with Crippen molar-refractivity contribution >= 4 is 11.7 Å². The SMILES string of the molecule is O=C(NCC1CCCN(Cc2ccccc2)C1)NCC1CCN(c2ccccc2)C1. The highest BCUT2D eigenvalue weighted by molar-refractivity contribution is 5.73. The molecule has 0 aliphatic carbocycles. The molecule has 30 heavy (non-hydrogen) atoms. The van der Waals surface area contributed by atoms with Gasteiger partial charge in [0.15, 0.2) is 0 Å². The number of para-hydroxylation sites is 1. The first-order chi connectivity index (χ1) is 14.8. The summed E-state index contributed by atoms with van der Waals surface area (Å²) in [6.07, 6.45) is 3.53. The predicted octanol–water partition coefficient (Wildman–Crippen LogP) is 3.72. The van der Waals surface area contributed by atoms with Gasteiger partial charge in [0.25, 0.3) is 0 Å². The van der Waals surface area contributed by atoms with Crippen LogP contribution in [0.3, 0.4) is 0 Å². The third-order valence-corrected chi connectivity index (χ3v) is 6.36. The van der Waals surface area contributed by atoms with Crippen molar-refractivity contribution in [3.05, 3.63) is 66.2 Å². The van der Waals surface area contributed by atoms with E-state index in [2.05, 4.69) is 81.1 Å². The third kappa shape index (κ3) is 5.99. The number of carbonyl (C=O) groups is 1. The van der Waals surface area contributed by atoms with Gasteiger partial charge in [0.05, 0.1) is 0 Å². The lowest BCUT2D eigenvalue weighted by molar-refractivity contribution is 0.165. The maximum Gasteiger partial charge on any atom is 0.314 e. The normalized spacial score (nSPS) is 22.1. The summed E-state index contributed by atoms with van der Waals surface area (Å²) < 4.78 is 0. The molecule has 160 valence electrons. The van der Waals surface area contributed by atoms with Gasteiger partial charge in [0, 0.05) is 45.0 Å². The van der Waals surface area contributed by atoms with Crippen molar-refractivity contribution in [2.24, 2.45) is 11.8 Å². The van der Waals surface area contributed by atoms with Crippen molar-refractivity contribution in [3.63, 3.8) is 0 Å². The Morgan fingerprint density at radius 1 is 0.833 bits per heavy atom. The molecule has 0 aromatic heterocycles. The van der Waals surface area contributed by atoms with Crippen LogP contribution < -0.4 is 15.5 Å². The number of nitrogens with one attached hydrogen (secondary N) is 2. The number of hydrogen-bond acceptors (Lipinski definition) is 3. The summed E-state index contributed by atoms with van der Waals surface area (Å²) in [6.45, 7) is 6.81. The Bertz CT molecular complexity index is 782. The lowest BCUT2D eigenvalue weighted by Gasteiger charge is -2.32. The minimum absolute atomic E-state index is 0.0201. The van der Waals surface area contributed by atoms with Gasteiger partial charge in [-0.05, 0) is 55.3 Å². The minimum Gasteiger partial charge on any atom is -0.371 e. The summed E-state index contributed by atoms with van der Waals surface area (Å²) in [5, 5.41) is 6.21. The Kier molecular flexibility index (Phi) is 7.25. The van der Waals surface area contributed by atoms with Crippen LogP contribution in [0.1, 0.15) is 24.8 Å². The molecule has 0 saturated carbocycles. The first-order valence-corrected chi connectivity index (χ1v) is 11.3. The Labute approximate surface area is 180 Å². The number of anilines is 1. The molecule has 0 spiro atoms. The van der Waals surface area contributed by atoms with Crippen molar-refractivity contribution in [2.45, 2.75) is 25.8 Å². The van der Waals surface area contributed by atoms with Crippen molar-refractivity contribution < 1.29 is 4.79 Å². The van der Waals surface area contributed by atoms with Crippen molar-refractivity contribution in [1.29, 1.82) is 0 Å². The van der Waals surface area contributed by atoms with E-state index in [1.54, 1.807) is 0 Å². The van der Waals surface area contributed by atoms with Crippen molar-refractivity contribution in [3.8, 4) is 0 Å². The quantitative estimate of drug-likeness (QED) is 0.737. The molecule has 2 atom stereocenters. The molecule has 4 rings (SSSR count). The molecule has 2 aliphatic rings. The van der Waals surface area contributed by atoms with Gasteiger partial charge in [0.2, 0.25) is 0 Å².